The summed E-state index contributed by atoms with van der Waals surface area (Å²) >= 11 is 0. The van der Waals surface area contributed by atoms with Crippen LogP contribution in [0.5, 0.6) is 5.75 Å². The van der Waals surface area contributed by atoms with Gasteiger partial charge in [-0.05, 0) is 18.1 Å². The summed E-state index contributed by atoms with van der Waals surface area (Å²) in [6, 6.07) is 17.9. The average Bonchev–Trinajstić information content (AvgIpc) is 3.00. The largest absolute Gasteiger partial charge is 0.483 e. The fourth-order valence-electron chi connectivity index (χ4n) is 2.69. The maximum absolute atomic E-state index is 12.2. The van der Waals surface area contributed by atoms with E-state index >= 15 is 0 Å². The molecule has 23 heavy (non-hydrogen) atoms. The van der Waals surface area contributed by atoms with Crippen LogP contribution in [-0.2, 0) is 4.79 Å². The Bertz CT molecular complexity index is 648. The molecule has 0 bridgehead atoms. The number of rotatable bonds is 4. The van der Waals surface area contributed by atoms with E-state index in [1.54, 1.807) is 4.90 Å². The van der Waals surface area contributed by atoms with Crippen LogP contribution < -0.4 is 10.5 Å². The van der Waals surface area contributed by atoms with Crippen LogP contribution in [-0.4, -0.2) is 36.5 Å². The molecule has 1 fully saturated rings. The fraction of sp³-hybridized carbons (Fsp3) is 0.278. The molecule has 4 nitrogen and oxygen atoms in total. The van der Waals surface area contributed by atoms with E-state index < -0.39 is 0 Å². The lowest BCUT2D eigenvalue weighted by Gasteiger charge is -2.17. The van der Waals surface area contributed by atoms with Gasteiger partial charge in [0.1, 0.15) is 5.75 Å². The molecule has 0 aliphatic carbocycles. The van der Waals surface area contributed by atoms with E-state index in [4.69, 9.17) is 10.5 Å². The van der Waals surface area contributed by atoms with Gasteiger partial charge in [0.05, 0.1) is 0 Å². The Labute approximate surface area is 142 Å². The second-order valence-electron chi connectivity index (χ2n) is 5.54. The third kappa shape index (κ3) is 4.24. The van der Waals surface area contributed by atoms with Crippen LogP contribution in [0.25, 0.3) is 11.1 Å². The topological polar surface area (TPSA) is 55.6 Å². The average molecular weight is 333 g/mol. The molecular formula is C18H21ClN2O2. The molecule has 2 aromatic rings. The van der Waals surface area contributed by atoms with Crippen LogP contribution in [0.1, 0.15) is 6.42 Å². The van der Waals surface area contributed by atoms with Gasteiger partial charge in [-0.15, -0.1) is 12.4 Å². The minimum Gasteiger partial charge on any atom is -0.483 e. The van der Waals surface area contributed by atoms with E-state index in [-0.39, 0.29) is 31.0 Å². The number of amides is 1. The van der Waals surface area contributed by atoms with E-state index in [0.717, 1.165) is 29.8 Å². The molecule has 0 spiro atoms. The first-order valence-corrected chi connectivity index (χ1v) is 7.54. The summed E-state index contributed by atoms with van der Waals surface area (Å²) in [7, 11) is 0. The highest BCUT2D eigenvalue weighted by Crippen LogP contribution is 2.29. The smallest absolute Gasteiger partial charge is 0.260 e. The van der Waals surface area contributed by atoms with Gasteiger partial charge in [0.25, 0.3) is 5.91 Å². The lowest BCUT2D eigenvalue weighted by atomic mass is 10.1. The molecule has 1 aliphatic rings. The normalized spacial score (nSPS) is 16.7. The van der Waals surface area contributed by atoms with Crippen molar-refractivity contribution in [2.24, 2.45) is 5.73 Å². The Morgan fingerprint density at radius 3 is 2.52 bits per heavy atom. The van der Waals surface area contributed by atoms with E-state index in [1.165, 1.54) is 0 Å². The molecule has 1 heterocycles. The van der Waals surface area contributed by atoms with Crippen molar-refractivity contribution in [3.63, 3.8) is 0 Å². The second kappa shape index (κ2) is 7.99. The predicted octanol–water partition coefficient (Wildman–Crippen LogP) is 2.71. The van der Waals surface area contributed by atoms with Crippen molar-refractivity contribution in [3.05, 3.63) is 54.6 Å². The molecule has 1 amide bonds. The number of hydrogen-bond acceptors (Lipinski definition) is 3. The van der Waals surface area contributed by atoms with Crippen molar-refractivity contribution in [3.8, 4) is 16.9 Å². The summed E-state index contributed by atoms with van der Waals surface area (Å²) in [6.07, 6.45) is 0.867. The van der Waals surface area contributed by atoms with Gasteiger partial charge in [0, 0.05) is 24.7 Å². The van der Waals surface area contributed by atoms with Crippen molar-refractivity contribution >= 4 is 18.3 Å². The number of hydrogen-bond donors (Lipinski definition) is 1. The van der Waals surface area contributed by atoms with Crippen LogP contribution in [0, 0.1) is 0 Å². The number of para-hydroxylation sites is 1. The number of carbonyl (C=O) groups is 1. The van der Waals surface area contributed by atoms with Crippen molar-refractivity contribution in [2.75, 3.05) is 19.7 Å². The van der Waals surface area contributed by atoms with E-state index in [0.29, 0.717) is 6.54 Å². The van der Waals surface area contributed by atoms with Crippen molar-refractivity contribution in [2.45, 2.75) is 12.5 Å². The molecular weight excluding hydrogens is 312 g/mol. The minimum atomic E-state index is -0.00388. The number of ether oxygens (including phenoxy) is 1. The van der Waals surface area contributed by atoms with E-state index in [9.17, 15) is 4.79 Å². The minimum absolute atomic E-state index is 0. The van der Waals surface area contributed by atoms with Gasteiger partial charge in [-0.1, -0.05) is 48.5 Å². The molecule has 1 aliphatic heterocycles. The van der Waals surface area contributed by atoms with Crippen molar-refractivity contribution < 1.29 is 9.53 Å². The molecule has 1 atom stereocenters. The molecule has 3 rings (SSSR count). The molecule has 5 heteroatoms. The Kier molecular flexibility index (Phi) is 6.02. The zero-order chi connectivity index (χ0) is 15.4. The lowest BCUT2D eigenvalue weighted by Crippen LogP contribution is -2.35. The van der Waals surface area contributed by atoms with E-state index in [2.05, 4.69) is 0 Å². The summed E-state index contributed by atoms with van der Waals surface area (Å²) in [6.45, 7) is 1.41. The summed E-state index contributed by atoms with van der Waals surface area (Å²) in [5.41, 5.74) is 7.91. The SMILES string of the molecule is Cl.N[C@@H]1CCN(C(=O)COc2ccccc2-c2ccccc2)C1. The molecule has 0 radical (unpaired) electrons. The van der Waals surface area contributed by atoms with Gasteiger partial charge in [-0.3, -0.25) is 4.79 Å². The summed E-state index contributed by atoms with van der Waals surface area (Å²) in [5, 5.41) is 0. The van der Waals surface area contributed by atoms with Crippen LogP contribution in [0.3, 0.4) is 0 Å². The van der Waals surface area contributed by atoms with Gasteiger partial charge in [-0.25, -0.2) is 0 Å². The molecule has 1 saturated heterocycles. The maximum Gasteiger partial charge on any atom is 0.260 e. The van der Waals surface area contributed by atoms with Crippen LogP contribution >= 0.6 is 12.4 Å². The quantitative estimate of drug-likeness (QED) is 0.936. The molecule has 122 valence electrons. The highest BCUT2D eigenvalue weighted by Gasteiger charge is 2.23. The summed E-state index contributed by atoms with van der Waals surface area (Å²) in [4.78, 5) is 13.9. The van der Waals surface area contributed by atoms with Crippen molar-refractivity contribution in [1.82, 2.24) is 4.90 Å². The van der Waals surface area contributed by atoms with Crippen molar-refractivity contribution in [1.29, 1.82) is 0 Å². The highest BCUT2D eigenvalue weighted by atomic mass is 35.5. The van der Waals surface area contributed by atoms with Crippen LogP contribution in [0.2, 0.25) is 0 Å². The zero-order valence-corrected chi connectivity index (χ0v) is 13.7. The van der Waals surface area contributed by atoms with E-state index in [1.807, 2.05) is 54.6 Å². The first-order chi connectivity index (χ1) is 10.7. The fourth-order valence-corrected chi connectivity index (χ4v) is 2.69. The maximum atomic E-state index is 12.2. The van der Waals surface area contributed by atoms with Gasteiger partial charge < -0.3 is 15.4 Å². The second-order valence-corrected chi connectivity index (χ2v) is 5.54. The Morgan fingerprint density at radius 1 is 1.13 bits per heavy atom. The number of carbonyl (C=O) groups excluding carboxylic acids is 1. The Morgan fingerprint density at radius 2 is 1.83 bits per heavy atom. The Balaban J connectivity index is 0.00000192. The number of likely N-dealkylation sites (tertiary alicyclic amines) is 1. The van der Waals surface area contributed by atoms with Gasteiger partial charge in [-0.2, -0.15) is 0 Å². The first-order valence-electron chi connectivity index (χ1n) is 7.54. The Hall–Kier alpha value is -2.04. The molecule has 2 aromatic carbocycles. The van der Waals surface area contributed by atoms with Gasteiger partial charge in [0.2, 0.25) is 0 Å². The predicted molar refractivity (Wildman–Crippen MR) is 93.8 cm³/mol. The number of benzene rings is 2. The third-order valence-electron chi connectivity index (χ3n) is 3.90. The standard InChI is InChI=1S/C18H20N2O2.ClH/c19-15-10-11-20(12-15)18(21)13-22-17-9-5-4-8-16(17)14-6-2-1-3-7-14;/h1-9,15H,10-13,19H2;1H/t15-;/m1./s1. The van der Waals surface area contributed by atoms with Crippen LogP contribution in [0.4, 0.5) is 0 Å². The van der Waals surface area contributed by atoms with Crippen LogP contribution in [0.15, 0.2) is 54.6 Å². The molecule has 2 N–H and O–H groups in total. The monoisotopic (exact) mass is 332 g/mol. The molecule has 0 saturated carbocycles. The number of nitrogens with two attached hydrogens (primary N) is 1. The highest BCUT2D eigenvalue weighted by molar-refractivity contribution is 5.85. The number of nitrogens with zero attached hydrogens (tertiary/aromatic N) is 1. The zero-order valence-electron chi connectivity index (χ0n) is 12.9. The summed E-state index contributed by atoms with van der Waals surface area (Å²) in [5.74, 6) is 0.723. The summed E-state index contributed by atoms with van der Waals surface area (Å²) < 4.78 is 5.77. The lowest BCUT2D eigenvalue weighted by molar-refractivity contribution is -0.132. The molecule has 0 unspecified atom stereocenters. The van der Waals surface area contributed by atoms with Gasteiger partial charge >= 0.3 is 0 Å². The first kappa shape index (κ1) is 17.3. The third-order valence-corrected chi connectivity index (χ3v) is 3.90. The number of halogens is 1. The van der Waals surface area contributed by atoms with Gasteiger partial charge in [0.15, 0.2) is 6.61 Å². The molecule has 0 aromatic heterocycles.